The molecule has 18 heavy (non-hydrogen) atoms. The Kier molecular flexibility index (Phi) is 2.80. The molecule has 0 radical (unpaired) electrons. The van der Waals surface area contributed by atoms with Crippen LogP contribution in [-0.4, -0.2) is 32.4 Å². The van der Waals surface area contributed by atoms with E-state index in [-0.39, 0.29) is 16.7 Å². The molecule has 2 rings (SSSR count). The van der Waals surface area contributed by atoms with Crippen LogP contribution < -0.4 is 5.32 Å². The van der Waals surface area contributed by atoms with E-state index in [1.54, 1.807) is 0 Å². The SMILES string of the molecule is C[C@H](Nc1ccc([N+](=O)[O-])c2nonc12)C(=O)O. The van der Waals surface area contributed by atoms with Crippen LogP contribution >= 0.6 is 0 Å². The Bertz CT molecular complexity index is 622. The van der Waals surface area contributed by atoms with E-state index in [9.17, 15) is 14.9 Å². The van der Waals surface area contributed by atoms with Crippen LogP contribution in [0.4, 0.5) is 11.4 Å². The molecule has 1 atom stereocenters. The normalized spacial score (nSPS) is 12.3. The quantitative estimate of drug-likeness (QED) is 0.608. The highest BCUT2D eigenvalue weighted by molar-refractivity contribution is 5.94. The van der Waals surface area contributed by atoms with Crippen molar-refractivity contribution in [3.05, 3.63) is 22.2 Å². The number of carbonyl (C=O) groups is 1. The molecular formula is C9H8N4O5. The third-order valence-corrected chi connectivity index (χ3v) is 2.33. The van der Waals surface area contributed by atoms with E-state index in [0.717, 1.165) is 0 Å². The average Bonchev–Trinajstić information content (AvgIpc) is 2.77. The Morgan fingerprint density at radius 3 is 2.78 bits per heavy atom. The van der Waals surface area contributed by atoms with Gasteiger partial charge < -0.3 is 10.4 Å². The number of fused-ring (bicyclic) bond motifs is 1. The van der Waals surface area contributed by atoms with E-state index in [1.165, 1.54) is 19.1 Å². The van der Waals surface area contributed by atoms with Crippen LogP contribution in [0.2, 0.25) is 0 Å². The minimum Gasteiger partial charge on any atom is -0.480 e. The summed E-state index contributed by atoms with van der Waals surface area (Å²) in [6, 6.07) is 1.71. The summed E-state index contributed by atoms with van der Waals surface area (Å²) >= 11 is 0. The number of carboxylic acids is 1. The van der Waals surface area contributed by atoms with Crippen LogP contribution in [-0.2, 0) is 4.79 Å². The molecule has 0 aliphatic carbocycles. The van der Waals surface area contributed by atoms with Crippen LogP contribution in [0.15, 0.2) is 16.8 Å². The van der Waals surface area contributed by atoms with Crippen molar-refractivity contribution < 1.29 is 19.5 Å². The van der Waals surface area contributed by atoms with Gasteiger partial charge in [-0.1, -0.05) is 0 Å². The first-order valence-electron chi connectivity index (χ1n) is 4.89. The maximum Gasteiger partial charge on any atom is 0.325 e. The van der Waals surface area contributed by atoms with Crippen molar-refractivity contribution in [2.24, 2.45) is 0 Å². The molecule has 94 valence electrons. The molecule has 0 amide bonds. The molecule has 0 saturated carbocycles. The van der Waals surface area contributed by atoms with Crippen molar-refractivity contribution >= 4 is 28.4 Å². The molecule has 0 bridgehead atoms. The second-order valence-electron chi connectivity index (χ2n) is 3.56. The van der Waals surface area contributed by atoms with Crippen molar-refractivity contribution in [1.29, 1.82) is 0 Å². The van der Waals surface area contributed by atoms with Gasteiger partial charge >= 0.3 is 11.7 Å². The number of nitro benzene ring substituents is 1. The van der Waals surface area contributed by atoms with Crippen molar-refractivity contribution in [3.8, 4) is 0 Å². The van der Waals surface area contributed by atoms with Gasteiger partial charge in [-0.2, -0.15) is 0 Å². The summed E-state index contributed by atoms with van der Waals surface area (Å²) in [5.41, 5.74) is 0.159. The minimum absolute atomic E-state index is 0.0254. The standard InChI is InChI=1S/C9H8N4O5/c1-4(9(14)15)10-5-2-3-6(13(16)17)8-7(5)11-18-12-8/h2-4,10H,1H3,(H,14,15)/t4-/m0/s1. The average molecular weight is 252 g/mol. The van der Waals surface area contributed by atoms with Crippen molar-refractivity contribution in [1.82, 2.24) is 10.3 Å². The van der Waals surface area contributed by atoms with Gasteiger partial charge in [0.25, 0.3) is 0 Å². The van der Waals surface area contributed by atoms with E-state index in [0.29, 0.717) is 5.69 Å². The zero-order valence-electron chi connectivity index (χ0n) is 9.15. The maximum absolute atomic E-state index is 10.7. The molecule has 9 nitrogen and oxygen atoms in total. The van der Waals surface area contributed by atoms with Gasteiger partial charge in [0.15, 0.2) is 5.52 Å². The van der Waals surface area contributed by atoms with E-state index in [4.69, 9.17) is 5.11 Å². The first-order valence-corrected chi connectivity index (χ1v) is 4.89. The Hall–Kier alpha value is -2.71. The van der Waals surface area contributed by atoms with E-state index >= 15 is 0 Å². The van der Waals surface area contributed by atoms with Gasteiger partial charge in [0.1, 0.15) is 6.04 Å². The molecule has 1 aromatic carbocycles. The monoisotopic (exact) mass is 252 g/mol. The van der Waals surface area contributed by atoms with Gasteiger partial charge in [0, 0.05) is 6.07 Å². The van der Waals surface area contributed by atoms with Crippen molar-refractivity contribution in [2.75, 3.05) is 5.32 Å². The van der Waals surface area contributed by atoms with Gasteiger partial charge in [-0.3, -0.25) is 14.9 Å². The van der Waals surface area contributed by atoms with E-state index in [1.807, 2.05) is 0 Å². The Labute approximate surface area is 99.5 Å². The molecule has 2 aromatic rings. The van der Waals surface area contributed by atoms with Crippen LogP contribution in [0.5, 0.6) is 0 Å². The number of non-ortho nitro benzene ring substituents is 1. The van der Waals surface area contributed by atoms with E-state index in [2.05, 4.69) is 20.3 Å². The van der Waals surface area contributed by atoms with Gasteiger partial charge in [0.05, 0.1) is 10.6 Å². The molecule has 0 aliphatic heterocycles. The second-order valence-corrected chi connectivity index (χ2v) is 3.56. The van der Waals surface area contributed by atoms with Gasteiger partial charge in [-0.25, -0.2) is 4.63 Å². The number of nitro groups is 1. The van der Waals surface area contributed by atoms with Gasteiger partial charge in [-0.05, 0) is 23.3 Å². The number of hydrogen-bond acceptors (Lipinski definition) is 7. The maximum atomic E-state index is 10.7. The molecular weight excluding hydrogens is 244 g/mol. The zero-order valence-corrected chi connectivity index (χ0v) is 9.15. The molecule has 0 aliphatic rings. The lowest BCUT2D eigenvalue weighted by Gasteiger charge is -2.10. The first-order chi connectivity index (χ1) is 8.50. The highest BCUT2D eigenvalue weighted by atomic mass is 16.6. The Morgan fingerprint density at radius 2 is 2.17 bits per heavy atom. The predicted molar refractivity (Wildman–Crippen MR) is 59.2 cm³/mol. The van der Waals surface area contributed by atoms with Crippen LogP contribution in [0.1, 0.15) is 6.92 Å². The van der Waals surface area contributed by atoms with Crippen molar-refractivity contribution in [3.63, 3.8) is 0 Å². The zero-order chi connectivity index (χ0) is 13.3. The number of rotatable bonds is 4. The summed E-state index contributed by atoms with van der Waals surface area (Å²) in [4.78, 5) is 20.8. The summed E-state index contributed by atoms with van der Waals surface area (Å²) < 4.78 is 4.45. The number of nitrogens with zero attached hydrogens (tertiary/aromatic N) is 3. The lowest BCUT2D eigenvalue weighted by molar-refractivity contribution is -0.383. The first kappa shape index (κ1) is 11.8. The third-order valence-electron chi connectivity index (χ3n) is 2.33. The van der Waals surface area contributed by atoms with Gasteiger partial charge in [0.2, 0.25) is 5.52 Å². The molecule has 0 saturated heterocycles. The largest absolute Gasteiger partial charge is 0.480 e. The molecule has 1 aromatic heterocycles. The number of aromatic nitrogens is 2. The summed E-state index contributed by atoms with van der Waals surface area (Å²) in [6.45, 7) is 1.43. The third kappa shape index (κ3) is 1.93. The van der Waals surface area contributed by atoms with Crippen LogP contribution in [0.25, 0.3) is 11.0 Å². The molecule has 1 heterocycles. The highest BCUT2D eigenvalue weighted by Gasteiger charge is 2.21. The fraction of sp³-hybridized carbons (Fsp3) is 0.222. The fourth-order valence-corrected chi connectivity index (χ4v) is 1.41. The number of nitrogens with one attached hydrogen (secondary N) is 1. The van der Waals surface area contributed by atoms with Gasteiger partial charge in [-0.15, -0.1) is 0 Å². The molecule has 0 unspecified atom stereocenters. The number of anilines is 1. The van der Waals surface area contributed by atoms with Crippen molar-refractivity contribution in [2.45, 2.75) is 13.0 Å². The smallest absolute Gasteiger partial charge is 0.325 e. The van der Waals surface area contributed by atoms with Crippen LogP contribution in [0, 0.1) is 10.1 Å². The summed E-state index contributed by atoms with van der Waals surface area (Å²) in [7, 11) is 0. The van der Waals surface area contributed by atoms with E-state index < -0.39 is 16.9 Å². The number of aliphatic carboxylic acids is 1. The Morgan fingerprint density at radius 1 is 1.50 bits per heavy atom. The lowest BCUT2D eigenvalue weighted by atomic mass is 10.2. The predicted octanol–water partition coefficient (Wildman–Crippen LogP) is 1.02. The molecule has 2 N–H and O–H groups in total. The lowest BCUT2D eigenvalue weighted by Crippen LogP contribution is -2.25. The summed E-state index contributed by atoms with van der Waals surface area (Å²) in [5, 5.41) is 29.1. The highest BCUT2D eigenvalue weighted by Crippen LogP contribution is 2.28. The number of carboxylic acid groups (broad SMARTS) is 1. The number of hydrogen-bond donors (Lipinski definition) is 2. The summed E-state index contributed by atoms with van der Waals surface area (Å²) in [6.07, 6.45) is 0. The Balaban J connectivity index is 2.48. The van der Waals surface area contributed by atoms with Crippen LogP contribution in [0.3, 0.4) is 0 Å². The summed E-state index contributed by atoms with van der Waals surface area (Å²) in [5.74, 6) is -1.06. The fourth-order valence-electron chi connectivity index (χ4n) is 1.41. The number of benzene rings is 1. The molecule has 9 heteroatoms. The second kappa shape index (κ2) is 4.28. The molecule has 0 fully saturated rings. The topological polar surface area (TPSA) is 131 Å². The molecule has 0 spiro atoms. The minimum atomic E-state index is -1.06.